The minimum absolute atomic E-state index is 0.231. The molecule has 0 radical (unpaired) electrons. The first kappa shape index (κ1) is 16.5. The van der Waals surface area contributed by atoms with Crippen molar-refractivity contribution in [3.63, 3.8) is 0 Å². The average Bonchev–Trinajstić information content (AvgIpc) is 2.54. The van der Waals surface area contributed by atoms with Crippen molar-refractivity contribution in [3.8, 4) is 0 Å². The molecule has 4 saturated carbocycles. The van der Waals surface area contributed by atoms with Crippen LogP contribution in [0, 0.1) is 29.5 Å². The van der Waals surface area contributed by atoms with Crippen molar-refractivity contribution in [2.75, 3.05) is 13.7 Å². The molecule has 4 nitrogen and oxygen atoms in total. The van der Waals surface area contributed by atoms with Crippen LogP contribution in [-0.2, 0) is 14.8 Å². The quantitative estimate of drug-likeness (QED) is 0.885. The zero-order valence-electron chi connectivity index (χ0n) is 13.9. The summed E-state index contributed by atoms with van der Waals surface area (Å²) in [5.74, 6) is 1.64. The molecule has 0 aromatic heterocycles. The molecule has 0 aliphatic heterocycles. The van der Waals surface area contributed by atoms with Gasteiger partial charge in [-0.15, -0.1) is 0 Å². The number of halogens is 1. The van der Waals surface area contributed by atoms with E-state index in [1.165, 1.54) is 30.7 Å². The van der Waals surface area contributed by atoms with Crippen LogP contribution in [0.4, 0.5) is 4.39 Å². The summed E-state index contributed by atoms with van der Waals surface area (Å²) in [6.07, 6.45) is 5.84. The van der Waals surface area contributed by atoms with E-state index in [-0.39, 0.29) is 11.4 Å². The third-order valence-electron chi connectivity index (χ3n) is 6.56. The van der Waals surface area contributed by atoms with Gasteiger partial charge in [-0.2, -0.15) is 0 Å². The largest absolute Gasteiger partial charge is 0.376 e. The van der Waals surface area contributed by atoms with Crippen LogP contribution in [0.1, 0.15) is 32.1 Å². The molecule has 1 aromatic carbocycles. The fourth-order valence-corrected chi connectivity index (χ4v) is 6.78. The zero-order valence-corrected chi connectivity index (χ0v) is 14.7. The summed E-state index contributed by atoms with van der Waals surface area (Å²) in [7, 11) is -2.18. The van der Waals surface area contributed by atoms with E-state index >= 15 is 0 Å². The van der Waals surface area contributed by atoms with Crippen molar-refractivity contribution >= 4 is 10.0 Å². The Kier molecular flexibility index (Phi) is 3.97. The molecule has 0 unspecified atom stereocenters. The molecule has 0 amide bonds. The molecule has 0 heterocycles. The third kappa shape index (κ3) is 2.50. The Bertz CT molecular complexity index is 706. The van der Waals surface area contributed by atoms with E-state index in [0.29, 0.717) is 11.8 Å². The minimum Gasteiger partial charge on any atom is -0.376 e. The molecule has 4 fully saturated rings. The van der Waals surface area contributed by atoms with Crippen LogP contribution in [-0.4, -0.2) is 27.7 Å². The topological polar surface area (TPSA) is 55.4 Å². The monoisotopic (exact) mass is 353 g/mol. The molecular weight excluding hydrogens is 329 g/mol. The maximum absolute atomic E-state index is 13.9. The van der Waals surface area contributed by atoms with Gasteiger partial charge in [0, 0.05) is 13.7 Å². The second kappa shape index (κ2) is 5.78. The van der Waals surface area contributed by atoms with Crippen molar-refractivity contribution in [2.45, 2.75) is 42.6 Å². The van der Waals surface area contributed by atoms with Crippen LogP contribution in [0.3, 0.4) is 0 Å². The molecule has 0 saturated heterocycles. The predicted molar refractivity (Wildman–Crippen MR) is 88.4 cm³/mol. The van der Waals surface area contributed by atoms with Crippen LogP contribution < -0.4 is 4.72 Å². The minimum atomic E-state index is -3.88. The Labute approximate surface area is 142 Å². The smallest absolute Gasteiger partial charge is 0.243 e. The molecular formula is C18H24FNO3S. The first-order valence-corrected chi connectivity index (χ1v) is 10.2. The fourth-order valence-electron chi connectivity index (χ4n) is 5.62. The lowest BCUT2D eigenvalue weighted by Crippen LogP contribution is -2.63. The molecule has 0 atom stereocenters. The summed E-state index contributed by atoms with van der Waals surface area (Å²) in [6.45, 7) is 0.231. The molecule has 24 heavy (non-hydrogen) atoms. The highest BCUT2D eigenvalue weighted by Crippen LogP contribution is 2.59. The summed E-state index contributed by atoms with van der Waals surface area (Å²) in [4.78, 5) is -0.292. The third-order valence-corrected chi connectivity index (χ3v) is 8.00. The Morgan fingerprint density at radius 1 is 1.12 bits per heavy atom. The average molecular weight is 353 g/mol. The molecule has 5 rings (SSSR count). The SMILES string of the molecule is COC1(CNS(=O)(=O)c2ccccc2F)C2CC3CC(C2)CC1C3. The Hall–Kier alpha value is -0.980. The van der Waals surface area contributed by atoms with Gasteiger partial charge in [-0.05, 0) is 67.9 Å². The molecule has 1 N–H and O–H groups in total. The number of nitrogens with one attached hydrogen (secondary N) is 1. The Morgan fingerprint density at radius 2 is 1.71 bits per heavy atom. The van der Waals surface area contributed by atoms with E-state index in [1.54, 1.807) is 7.11 Å². The van der Waals surface area contributed by atoms with Crippen LogP contribution in [0.25, 0.3) is 0 Å². The number of hydrogen-bond acceptors (Lipinski definition) is 3. The summed E-state index contributed by atoms with van der Waals surface area (Å²) in [5.41, 5.74) is -0.439. The van der Waals surface area contributed by atoms with Gasteiger partial charge in [0.05, 0.1) is 5.60 Å². The number of hydrogen-bond donors (Lipinski definition) is 1. The van der Waals surface area contributed by atoms with Crippen LogP contribution >= 0.6 is 0 Å². The second-order valence-electron chi connectivity index (χ2n) is 7.72. The van der Waals surface area contributed by atoms with Gasteiger partial charge in [-0.1, -0.05) is 12.1 Å². The van der Waals surface area contributed by atoms with E-state index in [1.807, 2.05) is 0 Å². The lowest BCUT2D eigenvalue weighted by atomic mass is 9.50. The van der Waals surface area contributed by atoms with E-state index in [0.717, 1.165) is 37.5 Å². The van der Waals surface area contributed by atoms with Gasteiger partial charge in [0.2, 0.25) is 10.0 Å². The lowest BCUT2D eigenvalue weighted by molar-refractivity contribution is -0.185. The van der Waals surface area contributed by atoms with Crippen LogP contribution in [0.5, 0.6) is 0 Å². The van der Waals surface area contributed by atoms with Gasteiger partial charge in [0.1, 0.15) is 10.7 Å². The Morgan fingerprint density at radius 3 is 2.25 bits per heavy atom. The van der Waals surface area contributed by atoms with Gasteiger partial charge in [0.15, 0.2) is 0 Å². The molecule has 4 aliphatic carbocycles. The van der Waals surface area contributed by atoms with E-state index < -0.39 is 21.4 Å². The van der Waals surface area contributed by atoms with Crippen molar-refractivity contribution in [1.82, 2.24) is 4.72 Å². The second-order valence-corrected chi connectivity index (χ2v) is 9.45. The molecule has 132 valence electrons. The highest BCUT2D eigenvalue weighted by molar-refractivity contribution is 7.89. The molecule has 6 heteroatoms. The molecule has 0 spiro atoms. The first-order chi connectivity index (χ1) is 11.4. The molecule has 1 aromatic rings. The van der Waals surface area contributed by atoms with E-state index in [9.17, 15) is 12.8 Å². The van der Waals surface area contributed by atoms with Crippen molar-refractivity contribution < 1.29 is 17.5 Å². The van der Waals surface area contributed by atoms with Crippen LogP contribution in [0.2, 0.25) is 0 Å². The van der Waals surface area contributed by atoms with Crippen molar-refractivity contribution in [3.05, 3.63) is 30.1 Å². The maximum atomic E-state index is 13.9. The predicted octanol–water partition coefficient (Wildman–Crippen LogP) is 2.95. The standard InChI is InChI=1S/C18H24FNO3S/c1-23-18(14-7-12-6-13(9-14)10-15(18)8-12)11-20-24(21,22)17-5-3-2-4-16(17)19/h2-5,12-15,20H,6-11H2,1H3. The van der Waals surface area contributed by atoms with Crippen molar-refractivity contribution in [2.24, 2.45) is 23.7 Å². The van der Waals surface area contributed by atoms with E-state index in [4.69, 9.17) is 4.74 Å². The number of methoxy groups -OCH3 is 1. The highest BCUT2D eigenvalue weighted by atomic mass is 32.2. The maximum Gasteiger partial charge on any atom is 0.243 e. The van der Waals surface area contributed by atoms with Gasteiger partial charge in [-0.25, -0.2) is 17.5 Å². The number of sulfonamides is 1. The van der Waals surface area contributed by atoms with E-state index in [2.05, 4.69) is 4.72 Å². The van der Waals surface area contributed by atoms with Crippen molar-refractivity contribution in [1.29, 1.82) is 0 Å². The Balaban J connectivity index is 1.57. The highest BCUT2D eigenvalue weighted by Gasteiger charge is 2.57. The summed E-state index contributed by atoms with van der Waals surface area (Å²) in [6, 6.07) is 5.49. The van der Waals surface area contributed by atoms with Gasteiger partial charge in [0.25, 0.3) is 0 Å². The molecule has 4 bridgehead atoms. The van der Waals surface area contributed by atoms with Gasteiger partial charge >= 0.3 is 0 Å². The fraction of sp³-hybridized carbons (Fsp3) is 0.667. The zero-order chi connectivity index (χ0) is 16.9. The number of rotatable bonds is 5. The van der Waals surface area contributed by atoms with Gasteiger partial charge in [-0.3, -0.25) is 0 Å². The van der Waals surface area contributed by atoms with Crippen LogP contribution in [0.15, 0.2) is 29.2 Å². The molecule has 4 aliphatic rings. The lowest BCUT2D eigenvalue weighted by Gasteiger charge is -2.60. The normalized spacial score (nSPS) is 37.8. The van der Waals surface area contributed by atoms with Gasteiger partial charge < -0.3 is 4.74 Å². The number of benzene rings is 1. The summed E-state index contributed by atoms with van der Waals surface area (Å²) < 4.78 is 47.5. The summed E-state index contributed by atoms with van der Waals surface area (Å²) in [5, 5.41) is 0. The summed E-state index contributed by atoms with van der Waals surface area (Å²) >= 11 is 0. The first-order valence-electron chi connectivity index (χ1n) is 8.74. The number of ether oxygens (including phenoxy) is 1.